The molecular weight excluding hydrogens is 244 g/mol. The van der Waals surface area contributed by atoms with Crippen LogP contribution in [0, 0.1) is 5.92 Å². The number of hydrogen-bond acceptors (Lipinski definition) is 3. The molecule has 1 unspecified atom stereocenters. The van der Waals surface area contributed by atoms with Gasteiger partial charge in [-0.3, -0.25) is 0 Å². The first-order valence-corrected chi connectivity index (χ1v) is 6.58. The van der Waals surface area contributed by atoms with E-state index in [1.165, 1.54) is 0 Å². The van der Waals surface area contributed by atoms with Crippen molar-refractivity contribution in [1.82, 2.24) is 0 Å². The zero-order valence-electron chi connectivity index (χ0n) is 11.8. The summed E-state index contributed by atoms with van der Waals surface area (Å²) in [4.78, 5) is 11.0. The predicted molar refractivity (Wildman–Crippen MR) is 73.8 cm³/mol. The molecule has 0 bridgehead atoms. The van der Waals surface area contributed by atoms with Crippen molar-refractivity contribution in [2.75, 3.05) is 13.7 Å². The molecule has 0 heterocycles. The molecule has 2 atom stereocenters. The molecule has 1 aromatic carbocycles. The number of aromatic carboxylic acids is 1. The van der Waals surface area contributed by atoms with Crippen LogP contribution in [0.2, 0.25) is 0 Å². The third-order valence-electron chi connectivity index (χ3n) is 3.36. The van der Waals surface area contributed by atoms with E-state index in [0.717, 1.165) is 12.8 Å². The van der Waals surface area contributed by atoms with Gasteiger partial charge in [0.05, 0.1) is 12.7 Å². The van der Waals surface area contributed by atoms with Crippen molar-refractivity contribution in [2.24, 2.45) is 5.92 Å². The van der Waals surface area contributed by atoms with Crippen molar-refractivity contribution >= 4 is 5.97 Å². The molecule has 4 heteroatoms. The molecule has 4 nitrogen and oxygen atoms in total. The number of para-hydroxylation sites is 1. The van der Waals surface area contributed by atoms with Gasteiger partial charge in [-0.15, -0.1) is 0 Å². The molecule has 0 saturated carbocycles. The van der Waals surface area contributed by atoms with Crippen LogP contribution in [0.4, 0.5) is 0 Å². The van der Waals surface area contributed by atoms with Crippen LogP contribution in [0.5, 0.6) is 5.75 Å². The van der Waals surface area contributed by atoms with E-state index in [2.05, 4.69) is 13.8 Å². The van der Waals surface area contributed by atoms with Crippen molar-refractivity contribution in [2.45, 2.75) is 32.8 Å². The number of methoxy groups -OCH3 is 1. The molecule has 0 fully saturated rings. The molecule has 0 amide bonds. The smallest absolute Gasteiger partial charge is 0.339 e. The van der Waals surface area contributed by atoms with E-state index < -0.39 is 5.97 Å². The number of carbonyl (C=O) groups is 1. The molecule has 106 valence electrons. The van der Waals surface area contributed by atoms with Gasteiger partial charge >= 0.3 is 5.97 Å². The molecule has 0 aliphatic rings. The van der Waals surface area contributed by atoms with Crippen LogP contribution in [0.15, 0.2) is 24.3 Å². The molecule has 19 heavy (non-hydrogen) atoms. The Morgan fingerprint density at radius 3 is 2.63 bits per heavy atom. The summed E-state index contributed by atoms with van der Waals surface area (Å²) in [5.74, 6) is -0.0989. The van der Waals surface area contributed by atoms with Crippen molar-refractivity contribution < 1.29 is 19.4 Å². The van der Waals surface area contributed by atoms with Crippen LogP contribution in [-0.2, 0) is 4.74 Å². The lowest BCUT2D eigenvalue weighted by molar-refractivity contribution is 0.0394. The number of carboxylic acid groups (broad SMARTS) is 1. The van der Waals surface area contributed by atoms with E-state index in [4.69, 9.17) is 14.6 Å². The second-order valence-corrected chi connectivity index (χ2v) is 4.60. The fraction of sp³-hybridized carbons (Fsp3) is 0.533. The van der Waals surface area contributed by atoms with Crippen molar-refractivity contribution in [3.05, 3.63) is 29.8 Å². The third-order valence-corrected chi connectivity index (χ3v) is 3.36. The summed E-state index contributed by atoms with van der Waals surface area (Å²) in [6, 6.07) is 6.67. The Hall–Kier alpha value is -1.55. The summed E-state index contributed by atoms with van der Waals surface area (Å²) in [5, 5.41) is 9.04. The fourth-order valence-corrected chi connectivity index (χ4v) is 1.95. The van der Waals surface area contributed by atoms with Gasteiger partial charge in [0, 0.05) is 13.5 Å². The van der Waals surface area contributed by atoms with E-state index in [-0.39, 0.29) is 11.7 Å². The first-order chi connectivity index (χ1) is 9.10. The fourth-order valence-electron chi connectivity index (χ4n) is 1.95. The zero-order valence-corrected chi connectivity index (χ0v) is 11.8. The summed E-state index contributed by atoms with van der Waals surface area (Å²) in [5.41, 5.74) is 0.194. The minimum absolute atomic E-state index is 0.141. The highest BCUT2D eigenvalue weighted by Crippen LogP contribution is 2.19. The highest BCUT2D eigenvalue weighted by molar-refractivity contribution is 5.90. The van der Waals surface area contributed by atoms with Gasteiger partial charge in [0.1, 0.15) is 11.3 Å². The maximum absolute atomic E-state index is 11.0. The Balaban J connectivity index is 2.55. The Morgan fingerprint density at radius 1 is 1.37 bits per heavy atom. The van der Waals surface area contributed by atoms with Gasteiger partial charge in [0.2, 0.25) is 0 Å². The highest BCUT2D eigenvalue weighted by Gasteiger charge is 2.16. The van der Waals surface area contributed by atoms with Crippen LogP contribution in [0.1, 0.15) is 37.0 Å². The summed E-state index contributed by atoms with van der Waals surface area (Å²) < 4.78 is 11.0. The summed E-state index contributed by atoms with van der Waals surface area (Å²) >= 11 is 0. The second kappa shape index (κ2) is 7.79. The molecule has 1 rings (SSSR count). The predicted octanol–water partition coefficient (Wildman–Crippen LogP) is 3.21. The lowest BCUT2D eigenvalue weighted by Gasteiger charge is -2.21. The second-order valence-electron chi connectivity index (χ2n) is 4.60. The highest BCUT2D eigenvalue weighted by atomic mass is 16.5. The normalized spacial score (nSPS) is 13.8. The molecule has 0 saturated heterocycles. The Labute approximate surface area is 114 Å². The molecule has 1 N–H and O–H groups in total. The largest absolute Gasteiger partial charge is 0.493 e. The Kier molecular flexibility index (Phi) is 6.36. The number of rotatable bonds is 8. The topological polar surface area (TPSA) is 55.8 Å². The molecule has 0 aromatic heterocycles. The molecule has 0 aliphatic heterocycles. The first-order valence-electron chi connectivity index (χ1n) is 6.58. The Bertz CT molecular complexity index is 403. The van der Waals surface area contributed by atoms with E-state index in [1.54, 1.807) is 31.4 Å². The van der Waals surface area contributed by atoms with Crippen molar-refractivity contribution in [1.29, 1.82) is 0 Å². The Morgan fingerprint density at radius 2 is 2.05 bits per heavy atom. The van der Waals surface area contributed by atoms with Gasteiger partial charge in [-0.05, 0) is 18.1 Å². The number of benzene rings is 1. The lowest BCUT2D eigenvalue weighted by atomic mass is 9.99. The van der Waals surface area contributed by atoms with Gasteiger partial charge in [0.15, 0.2) is 0 Å². The van der Waals surface area contributed by atoms with Gasteiger partial charge in [-0.2, -0.15) is 0 Å². The monoisotopic (exact) mass is 266 g/mol. The standard InChI is InChI=1S/C15H22O4/c1-4-11(2)13(18-3)9-10-19-14-8-6-5-7-12(14)15(16)17/h5-8,11,13H,4,9-10H2,1-3H3,(H,16,17)/t11?,13-/m0/s1. The number of hydrogen-bond donors (Lipinski definition) is 1. The van der Waals surface area contributed by atoms with Crippen LogP contribution in [-0.4, -0.2) is 30.9 Å². The quantitative estimate of drug-likeness (QED) is 0.785. The molecule has 0 aliphatic carbocycles. The maximum atomic E-state index is 11.0. The zero-order chi connectivity index (χ0) is 14.3. The summed E-state index contributed by atoms with van der Waals surface area (Å²) in [6.07, 6.45) is 1.94. The van der Waals surface area contributed by atoms with Crippen LogP contribution >= 0.6 is 0 Å². The van der Waals surface area contributed by atoms with Crippen molar-refractivity contribution in [3.8, 4) is 5.75 Å². The average Bonchev–Trinajstić information content (AvgIpc) is 2.43. The van der Waals surface area contributed by atoms with Crippen LogP contribution in [0.3, 0.4) is 0 Å². The maximum Gasteiger partial charge on any atom is 0.339 e. The van der Waals surface area contributed by atoms with Crippen molar-refractivity contribution in [3.63, 3.8) is 0 Å². The van der Waals surface area contributed by atoms with Gasteiger partial charge in [-0.1, -0.05) is 32.4 Å². The minimum Gasteiger partial charge on any atom is -0.493 e. The molecule has 0 radical (unpaired) electrons. The van der Waals surface area contributed by atoms with Gasteiger partial charge in [-0.25, -0.2) is 4.79 Å². The molecule has 1 aromatic rings. The van der Waals surface area contributed by atoms with Crippen LogP contribution in [0.25, 0.3) is 0 Å². The average molecular weight is 266 g/mol. The van der Waals surface area contributed by atoms with Gasteiger partial charge < -0.3 is 14.6 Å². The SMILES string of the molecule is CCC(C)[C@H](CCOc1ccccc1C(=O)O)OC. The summed E-state index contributed by atoms with van der Waals surface area (Å²) in [7, 11) is 1.70. The molecular formula is C15H22O4. The number of ether oxygens (including phenoxy) is 2. The van der Waals surface area contributed by atoms with Gasteiger partial charge in [0.25, 0.3) is 0 Å². The first kappa shape index (κ1) is 15.5. The van der Waals surface area contributed by atoms with E-state index in [0.29, 0.717) is 18.3 Å². The number of carboxylic acids is 1. The third kappa shape index (κ3) is 4.56. The van der Waals surface area contributed by atoms with Crippen LogP contribution < -0.4 is 4.74 Å². The van der Waals surface area contributed by atoms with E-state index >= 15 is 0 Å². The molecule has 0 spiro atoms. The van der Waals surface area contributed by atoms with E-state index in [1.807, 2.05) is 0 Å². The lowest BCUT2D eigenvalue weighted by Crippen LogP contribution is -2.22. The van der Waals surface area contributed by atoms with E-state index in [9.17, 15) is 4.79 Å². The summed E-state index contributed by atoms with van der Waals surface area (Å²) in [6.45, 7) is 4.71. The minimum atomic E-state index is -0.971.